The van der Waals surface area contributed by atoms with Gasteiger partial charge in [-0.3, -0.25) is 14.2 Å². The topological polar surface area (TPSA) is 58.4 Å². The van der Waals surface area contributed by atoms with Gasteiger partial charge in [-0.15, -0.1) is 0 Å². The summed E-state index contributed by atoms with van der Waals surface area (Å²) in [6.45, 7) is 6.13. The lowest BCUT2D eigenvalue weighted by Crippen LogP contribution is -2.50. The van der Waals surface area contributed by atoms with E-state index in [0.29, 0.717) is 64.1 Å². The summed E-state index contributed by atoms with van der Waals surface area (Å²) in [6, 6.07) is 13.6. The molecule has 1 amide bonds. The number of piperazine rings is 1. The minimum Gasteiger partial charge on any atom is -0.353 e. The summed E-state index contributed by atoms with van der Waals surface area (Å²) in [6.07, 6.45) is 0. The first kappa shape index (κ1) is 23.6. The number of rotatable bonds is 4. The fraction of sp³-hybridized carbons (Fsp3) is 0.292. The summed E-state index contributed by atoms with van der Waals surface area (Å²) in [5.74, 6) is 1.04. The molecule has 4 rings (SSSR count). The number of amides is 1. The molecule has 33 heavy (non-hydrogen) atoms. The van der Waals surface area contributed by atoms with E-state index in [-0.39, 0.29) is 17.4 Å². The number of carbonyl (C=O) groups excluding carboxylic acids is 1. The molecule has 0 saturated carbocycles. The highest BCUT2D eigenvalue weighted by atomic mass is 35.5. The first-order chi connectivity index (χ1) is 15.7. The Labute approximate surface area is 207 Å². The van der Waals surface area contributed by atoms with Crippen LogP contribution in [0, 0.1) is 5.92 Å². The van der Waals surface area contributed by atoms with Crippen LogP contribution in [-0.2, 0) is 4.79 Å². The van der Waals surface area contributed by atoms with Gasteiger partial charge < -0.3 is 9.80 Å². The maximum absolute atomic E-state index is 13.3. The first-order valence-electron chi connectivity index (χ1n) is 10.6. The average molecular weight is 506 g/mol. The molecule has 0 N–H and O–H groups in total. The van der Waals surface area contributed by atoms with Crippen molar-refractivity contribution in [3.8, 4) is 17.1 Å². The van der Waals surface area contributed by atoms with Crippen molar-refractivity contribution in [2.75, 3.05) is 31.1 Å². The quantitative estimate of drug-likeness (QED) is 0.491. The highest BCUT2D eigenvalue weighted by molar-refractivity contribution is 6.36. The Kier molecular flexibility index (Phi) is 6.98. The van der Waals surface area contributed by atoms with Crippen LogP contribution in [0.2, 0.25) is 15.1 Å². The van der Waals surface area contributed by atoms with Gasteiger partial charge in [-0.1, -0.05) is 48.7 Å². The maximum atomic E-state index is 13.3. The van der Waals surface area contributed by atoms with Gasteiger partial charge in [-0.05, 0) is 42.5 Å². The lowest BCUT2D eigenvalue weighted by Gasteiger charge is -2.36. The summed E-state index contributed by atoms with van der Waals surface area (Å²) >= 11 is 18.6. The van der Waals surface area contributed by atoms with E-state index >= 15 is 0 Å². The number of benzene rings is 2. The number of aromatic nitrogens is 2. The standard InChI is InChI=1S/C24H23Cl3N4O2/c1-15(2)24(33)30-11-9-29(10-12-30)21-14-22(32)31(18-6-3-16(25)4-7-18)23(28-21)19-8-5-17(26)13-20(19)27/h3-8,13-15H,9-12H2,1-2H3. The zero-order chi connectivity index (χ0) is 23.7. The van der Waals surface area contributed by atoms with Crippen LogP contribution in [0.25, 0.3) is 17.1 Å². The van der Waals surface area contributed by atoms with E-state index in [9.17, 15) is 9.59 Å². The Balaban J connectivity index is 1.77. The molecule has 3 aromatic rings. The molecule has 2 aromatic carbocycles. The van der Waals surface area contributed by atoms with Crippen molar-refractivity contribution in [2.45, 2.75) is 13.8 Å². The first-order valence-corrected chi connectivity index (χ1v) is 11.8. The number of halogens is 3. The van der Waals surface area contributed by atoms with Gasteiger partial charge in [0.05, 0.1) is 10.7 Å². The molecule has 0 unspecified atom stereocenters. The minimum atomic E-state index is -0.246. The van der Waals surface area contributed by atoms with Crippen molar-refractivity contribution < 1.29 is 4.79 Å². The number of hydrogen-bond donors (Lipinski definition) is 0. The second kappa shape index (κ2) is 9.75. The van der Waals surface area contributed by atoms with Crippen molar-refractivity contribution in [3.63, 3.8) is 0 Å². The molecule has 1 aliphatic rings. The second-order valence-corrected chi connectivity index (χ2v) is 9.46. The predicted molar refractivity (Wildman–Crippen MR) is 134 cm³/mol. The molecule has 0 aliphatic carbocycles. The van der Waals surface area contributed by atoms with E-state index in [1.54, 1.807) is 42.5 Å². The molecule has 1 aliphatic heterocycles. The van der Waals surface area contributed by atoms with Crippen LogP contribution in [-0.4, -0.2) is 46.5 Å². The van der Waals surface area contributed by atoms with Crippen molar-refractivity contribution in [2.24, 2.45) is 5.92 Å². The molecule has 0 spiro atoms. The van der Waals surface area contributed by atoms with Gasteiger partial charge in [0.1, 0.15) is 5.82 Å². The molecule has 1 fully saturated rings. The number of hydrogen-bond acceptors (Lipinski definition) is 4. The largest absolute Gasteiger partial charge is 0.353 e. The number of anilines is 1. The van der Waals surface area contributed by atoms with Crippen molar-refractivity contribution in [3.05, 3.63) is 74.0 Å². The molecule has 0 bridgehead atoms. The lowest BCUT2D eigenvalue weighted by atomic mass is 10.1. The summed E-state index contributed by atoms with van der Waals surface area (Å²) < 4.78 is 1.51. The Morgan fingerprint density at radius 1 is 0.909 bits per heavy atom. The van der Waals surface area contributed by atoms with E-state index in [0.717, 1.165) is 0 Å². The van der Waals surface area contributed by atoms with Crippen LogP contribution in [0.15, 0.2) is 53.3 Å². The van der Waals surface area contributed by atoms with E-state index in [2.05, 4.69) is 0 Å². The van der Waals surface area contributed by atoms with Gasteiger partial charge in [0.2, 0.25) is 5.91 Å². The summed E-state index contributed by atoms with van der Waals surface area (Å²) in [4.78, 5) is 34.4. The Bertz CT molecular complexity index is 1230. The maximum Gasteiger partial charge on any atom is 0.260 e. The molecule has 0 atom stereocenters. The molecule has 1 aromatic heterocycles. The molecular weight excluding hydrogens is 483 g/mol. The molecular formula is C24H23Cl3N4O2. The fourth-order valence-electron chi connectivity index (χ4n) is 3.84. The van der Waals surface area contributed by atoms with Crippen LogP contribution in [0.5, 0.6) is 0 Å². The third kappa shape index (κ3) is 5.03. The highest BCUT2D eigenvalue weighted by Gasteiger charge is 2.25. The third-order valence-corrected chi connectivity index (χ3v) is 6.37. The smallest absolute Gasteiger partial charge is 0.260 e. The van der Waals surface area contributed by atoms with Gasteiger partial charge in [0.15, 0.2) is 5.82 Å². The van der Waals surface area contributed by atoms with E-state index in [4.69, 9.17) is 39.8 Å². The van der Waals surface area contributed by atoms with Crippen LogP contribution in [0.1, 0.15) is 13.8 Å². The molecule has 0 radical (unpaired) electrons. The van der Waals surface area contributed by atoms with Crippen molar-refractivity contribution >= 4 is 46.5 Å². The average Bonchev–Trinajstić information content (AvgIpc) is 2.79. The van der Waals surface area contributed by atoms with E-state index in [1.807, 2.05) is 23.6 Å². The Morgan fingerprint density at radius 3 is 2.15 bits per heavy atom. The Hall–Kier alpha value is -2.54. The molecule has 9 heteroatoms. The van der Waals surface area contributed by atoms with Crippen LogP contribution < -0.4 is 10.5 Å². The van der Waals surface area contributed by atoms with Gasteiger partial charge in [-0.25, -0.2) is 4.98 Å². The Morgan fingerprint density at radius 2 is 1.55 bits per heavy atom. The van der Waals surface area contributed by atoms with Gasteiger partial charge >= 0.3 is 0 Å². The van der Waals surface area contributed by atoms with Crippen molar-refractivity contribution in [1.82, 2.24) is 14.5 Å². The summed E-state index contributed by atoms with van der Waals surface area (Å²) in [5.41, 5.74) is 0.962. The molecule has 172 valence electrons. The SMILES string of the molecule is CC(C)C(=O)N1CCN(c2cc(=O)n(-c3ccc(Cl)cc3)c(-c3ccc(Cl)cc3Cl)n2)CC1. The highest BCUT2D eigenvalue weighted by Crippen LogP contribution is 2.31. The van der Waals surface area contributed by atoms with E-state index in [1.165, 1.54) is 10.6 Å². The van der Waals surface area contributed by atoms with Crippen molar-refractivity contribution in [1.29, 1.82) is 0 Å². The lowest BCUT2D eigenvalue weighted by molar-refractivity contribution is -0.134. The monoisotopic (exact) mass is 504 g/mol. The van der Waals surface area contributed by atoms with Crippen LogP contribution in [0.3, 0.4) is 0 Å². The number of nitrogens with zero attached hydrogens (tertiary/aromatic N) is 4. The fourth-order valence-corrected chi connectivity index (χ4v) is 4.46. The summed E-state index contributed by atoms with van der Waals surface area (Å²) in [7, 11) is 0. The molecule has 6 nitrogen and oxygen atoms in total. The van der Waals surface area contributed by atoms with Gasteiger partial charge in [0.25, 0.3) is 5.56 Å². The van der Waals surface area contributed by atoms with Crippen LogP contribution >= 0.6 is 34.8 Å². The van der Waals surface area contributed by atoms with Crippen LogP contribution in [0.4, 0.5) is 5.82 Å². The minimum absolute atomic E-state index is 0.0448. The normalized spacial score (nSPS) is 14.1. The third-order valence-electron chi connectivity index (χ3n) is 5.57. The van der Waals surface area contributed by atoms with E-state index < -0.39 is 0 Å². The zero-order valence-electron chi connectivity index (χ0n) is 18.3. The predicted octanol–water partition coefficient (Wildman–Crippen LogP) is 5.16. The summed E-state index contributed by atoms with van der Waals surface area (Å²) in [5, 5.41) is 1.45. The number of carbonyl (C=O) groups is 1. The molecule has 1 saturated heterocycles. The second-order valence-electron chi connectivity index (χ2n) is 8.18. The zero-order valence-corrected chi connectivity index (χ0v) is 20.5. The molecule has 2 heterocycles. The van der Waals surface area contributed by atoms with Gasteiger partial charge in [0, 0.05) is 53.8 Å². The van der Waals surface area contributed by atoms with Gasteiger partial charge in [-0.2, -0.15) is 0 Å².